The number of aliphatic carboxylic acids is 1. The summed E-state index contributed by atoms with van der Waals surface area (Å²) in [7, 11) is 2.96. The van der Waals surface area contributed by atoms with Gasteiger partial charge in [-0.05, 0) is 24.1 Å². The first-order chi connectivity index (χ1) is 14.3. The molecule has 2 N–H and O–H groups in total. The second kappa shape index (κ2) is 8.69. The zero-order chi connectivity index (χ0) is 21.8. The molecule has 0 aliphatic carbocycles. The second-order valence-electron chi connectivity index (χ2n) is 6.62. The third-order valence-corrected chi connectivity index (χ3v) is 4.81. The van der Waals surface area contributed by atoms with Crippen LogP contribution in [0, 0.1) is 6.92 Å². The maximum absolute atomic E-state index is 12.6. The van der Waals surface area contributed by atoms with Gasteiger partial charge in [-0.2, -0.15) is 0 Å². The molecule has 1 amide bonds. The van der Waals surface area contributed by atoms with Crippen molar-refractivity contribution < 1.29 is 28.6 Å². The number of aryl methyl sites for hydroxylation is 1. The number of hydrogen-bond donors (Lipinski definition) is 2. The van der Waals surface area contributed by atoms with Crippen molar-refractivity contribution in [1.82, 2.24) is 5.32 Å². The smallest absolute Gasteiger partial charge is 0.340 e. The SMILES string of the molecule is COc1cc2oc(=O)c(CC(=O)NC(C(=O)O)c3ccccc3)c(C)c2cc1OC. The van der Waals surface area contributed by atoms with E-state index in [0.29, 0.717) is 33.6 Å². The van der Waals surface area contributed by atoms with Crippen molar-refractivity contribution in [2.45, 2.75) is 19.4 Å². The highest BCUT2D eigenvalue weighted by Crippen LogP contribution is 2.33. The zero-order valence-corrected chi connectivity index (χ0v) is 16.7. The van der Waals surface area contributed by atoms with Crippen molar-refractivity contribution in [2.75, 3.05) is 14.2 Å². The molecule has 0 bridgehead atoms. The van der Waals surface area contributed by atoms with E-state index in [4.69, 9.17) is 13.9 Å². The molecule has 3 aromatic rings. The van der Waals surface area contributed by atoms with E-state index in [0.717, 1.165) is 0 Å². The Bertz CT molecular complexity index is 1150. The second-order valence-corrected chi connectivity index (χ2v) is 6.62. The molecule has 0 saturated heterocycles. The minimum Gasteiger partial charge on any atom is -0.493 e. The van der Waals surface area contributed by atoms with E-state index in [1.807, 2.05) is 0 Å². The van der Waals surface area contributed by atoms with Crippen LogP contribution in [-0.2, 0) is 16.0 Å². The Morgan fingerprint density at radius 2 is 1.73 bits per heavy atom. The van der Waals surface area contributed by atoms with Crippen molar-refractivity contribution in [3.8, 4) is 11.5 Å². The normalized spacial score (nSPS) is 11.7. The summed E-state index contributed by atoms with van der Waals surface area (Å²) in [5.74, 6) is -0.951. The van der Waals surface area contributed by atoms with Crippen LogP contribution in [0.1, 0.15) is 22.7 Å². The van der Waals surface area contributed by atoms with Crippen LogP contribution in [0.3, 0.4) is 0 Å². The van der Waals surface area contributed by atoms with Crippen LogP contribution in [-0.4, -0.2) is 31.2 Å². The fourth-order valence-corrected chi connectivity index (χ4v) is 3.23. The number of fused-ring (bicyclic) bond motifs is 1. The quantitative estimate of drug-likeness (QED) is 0.574. The Hall–Kier alpha value is -3.81. The highest BCUT2D eigenvalue weighted by atomic mass is 16.5. The Labute approximate surface area is 172 Å². The predicted octanol–water partition coefficient (Wildman–Crippen LogP) is 2.60. The topological polar surface area (TPSA) is 115 Å². The van der Waals surface area contributed by atoms with Crippen LogP contribution in [0.5, 0.6) is 11.5 Å². The van der Waals surface area contributed by atoms with E-state index in [1.54, 1.807) is 49.4 Å². The first kappa shape index (κ1) is 20.9. The molecule has 0 saturated carbocycles. The fourth-order valence-electron chi connectivity index (χ4n) is 3.23. The highest BCUT2D eigenvalue weighted by molar-refractivity contribution is 5.88. The lowest BCUT2D eigenvalue weighted by Gasteiger charge is -2.16. The van der Waals surface area contributed by atoms with Crippen LogP contribution in [0.25, 0.3) is 11.0 Å². The monoisotopic (exact) mass is 411 g/mol. The van der Waals surface area contributed by atoms with Crippen LogP contribution < -0.4 is 20.4 Å². The van der Waals surface area contributed by atoms with E-state index in [-0.39, 0.29) is 12.0 Å². The van der Waals surface area contributed by atoms with Crippen molar-refractivity contribution >= 4 is 22.8 Å². The van der Waals surface area contributed by atoms with Gasteiger partial charge in [0.2, 0.25) is 5.91 Å². The molecule has 1 atom stereocenters. The van der Waals surface area contributed by atoms with E-state index < -0.39 is 23.5 Å². The van der Waals surface area contributed by atoms with Gasteiger partial charge in [-0.1, -0.05) is 30.3 Å². The van der Waals surface area contributed by atoms with Crippen molar-refractivity contribution in [1.29, 1.82) is 0 Å². The number of methoxy groups -OCH3 is 2. The molecule has 8 heteroatoms. The number of rotatable bonds is 7. The molecule has 0 aliphatic heterocycles. The van der Waals surface area contributed by atoms with Gasteiger partial charge < -0.3 is 24.3 Å². The lowest BCUT2D eigenvalue weighted by Crippen LogP contribution is -2.35. The van der Waals surface area contributed by atoms with Gasteiger partial charge in [0.15, 0.2) is 17.5 Å². The number of carboxylic acid groups (broad SMARTS) is 1. The summed E-state index contributed by atoms with van der Waals surface area (Å²) >= 11 is 0. The van der Waals surface area contributed by atoms with Crippen LogP contribution >= 0.6 is 0 Å². The number of nitrogens with one attached hydrogen (secondary N) is 1. The minimum absolute atomic E-state index is 0.143. The summed E-state index contributed by atoms with van der Waals surface area (Å²) in [6.07, 6.45) is -0.324. The molecule has 8 nitrogen and oxygen atoms in total. The van der Waals surface area contributed by atoms with Gasteiger partial charge in [0, 0.05) is 11.5 Å². The molecular formula is C22H21NO7. The maximum Gasteiger partial charge on any atom is 0.340 e. The zero-order valence-electron chi connectivity index (χ0n) is 16.7. The van der Waals surface area contributed by atoms with Crippen molar-refractivity contribution in [2.24, 2.45) is 0 Å². The maximum atomic E-state index is 12.6. The lowest BCUT2D eigenvalue weighted by atomic mass is 10.0. The number of ether oxygens (including phenoxy) is 2. The van der Waals surface area contributed by atoms with E-state index >= 15 is 0 Å². The van der Waals surface area contributed by atoms with Gasteiger partial charge in [0.05, 0.1) is 26.2 Å². The first-order valence-electron chi connectivity index (χ1n) is 9.11. The van der Waals surface area contributed by atoms with E-state index in [2.05, 4.69) is 5.32 Å². The third kappa shape index (κ3) is 4.12. The predicted molar refractivity (Wildman–Crippen MR) is 109 cm³/mol. The number of hydrogen-bond acceptors (Lipinski definition) is 6. The number of benzene rings is 2. The summed E-state index contributed by atoms with van der Waals surface area (Å²) in [6, 6.07) is 10.3. The highest BCUT2D eigenvalue weighted by Gasteiger charge is 2.24. The molecule has 156 valence electrons. The molecule has 30 heavy (non-hydrogen) atoms. The number of amides is 1. The largest absolute Gasteiger partial charge is 0.493 e. The first-order valence-corrected chi connectivity index (χ1v) is 9.11. The molecule has 1 unspecified atom stereocenters. The van der Waals surface area contributed by atoms with Crippen LogP contribution in [0.4, 0.5) is 0 Å². The van der Waals surface area contributed by atoms with Crippen molar-refractivity contribution in [3.63, 3.8) is 0 Å². The van der Waals surface area contributed by atoms with E-state index in [9.17, 15) is 19.5 Å². The van der Waals surface area contributed by atoms with Crippen LogP contribution in [0.2, 0.25) is 0 Å². The van der Waals surface area contributed by atoms with Crippen LogP contribution in [0.15, 0.2) is 51.7 Å². The average molecular weight is 411 g/mol. The van der Waals surface area contributed by atoms with Crippen molar-refractivity contribution in [3.05, 3.63) is 69.6 Å². The lowest BCUT2D eigenvalue weighted by molar-refractivity contribution is -0.142. The molecule has 1 heterocycles. The molecule has 2 aromatic carbocycles. The third-order valence-electron chi connectivity index (χ3n) is 4.81. The summed E-state index contributed by atoms with van der Waals surface area (Å²) < 4.78 is 15.9. The Kier molecular flexibility index (Phi) is 6.06. The minimum atomic E-state index is -1.23. The van der Waals surface area contributed by atoms with Gasteiger partial charge >= 0.3 is 11.6 Å². The summed E-state index contributed by atoms with van der Waals surface area (Å²) in [5.41, 5.74) is 0.742. The molecule has 0 radical (unpaired) electrons. The van der Waals surface area contributed by atoms with Gasteiger partial charge in [-0.25, -0.2) is 9.59 Å². The summed E-state index contributed by atoms with van der Waals surface area (Å²) in [4.78, 5) is 36.7. The van der Waals surface area contributed by atoms with Gasteiger partial charge in [-0.15, -0.1) is 0 Å². The Balaban J connectivity index is 1.93. The molecule has 0 fully saturated rings. The molecule has 0 spiro atoms. The molecule has 0 aliphatic rings. The molecular weight excluding hydrogens is 390 g/mol. The Morgan fingerprint density at radius 1 is 1.10 bits per heavy atom. The number of carbonyl (C=O) groups excluding carboxylic acids is 1. The van der Waals surface area contributed by atoms with Gasteiger partial charge in [0.1, 0.15) is 5.58 Å². The standard InChI is InChI=1S/C22H21NO7/c1-12-14-9-17(28-2)18(29-3)11-16(14)30-22(27)15(12)10-19(24)23-20(21(25)26)13-7-5-4-6-8-13/h4-9,11,20H,10H2,1-3H3,(H,23,24)(H,25,26). The molecule has 1 aromatic heterocycles. The molecule has 3 rings (SSSR count). The van der Waals surface area contributed by atoms with Gasteiger partial charge in [-0.3, -0.25) is 4.79 Å². The summed E-state index contributed by atoms with van der Waals surface area (Å²) in [6.45, 7) is 1.69. The summed E-state index contributed by atoms with van der Waals surface area (Å²) in [5, 5.41) is 12.5. The van der Waals surface area contributed by atoms with Gasteiger partial charge in [0.25, 0.3) is 0 Å². The number of carboxylic acids is 1. The number of carbonyl (C=O) groups is 2. The van der Waals surface area contributed by atoms with E-state index in [1.165, 1.54) is 14.2 Å². The average Bonchev–Trinajstić information content (AvgIpc) is 2.74. The Morgan fingerprint density at radius 3 is 2.33 bits per heavy atom. The fraction of sp³-hybridized carbons (Fsp3) is 0.227.